The molecule has 0 unspecified atom stereocenters. The molecule has 0 amide bonds. The average Bonchev–Trinajstić information content (AvgIpc) is 3.17. The van der Waals surface area contributed by atoms with Crippen LogP contribution < -0.4 is 5.32 Å². The van der Waals surface area contributed by atoms with Crippen molar-refractivity contribution in [3.63, 3.8) is 0 Å². The first-order valence-electron chi connectivity index (χ1n) is 6.81. The van der Waals surface area contributed by atoms with E-state index < -0.39 is 16.9 Å². The van der Waals surface area contributed by atoms with Crippen LogP contribution in [0.5, 0.6) is 0 Å². The zero-order chi connectivity index (χ0) is 17.3. The molecule has 0 radical (unpaired) electrons. The lowest BCUT2D eigenvalue weighted by Crippen LogP contribution is -2.33. The van der Waals surface area contributed by atoms with Crippen LogP contribution in [0.1, 0.15) is 15.9 Å². The minimum Gasteiger partial charge on any atom is -0.480 e. The van der Waals surface area contributed by atoms with E-state index in [4.69, 9.17) is 5.11 Å². The van der Waals surface area contributed by atoms with Crippen LogP contribution in [0.4, 0.5) is 5.69 Å². The predicted molar refractivity (Wildman–Crippen MR) is 91.6 cm³/mol. The maximum Gasteiger partial charge on any atom is 0.321 e. The maximum atomic E-state index is 11.4. The van der Waals surface area contributed by atoms with Crippen molar-refractivity contribution in [1.29, 1.82) is 0 Å². The number of hydrogen-bond donors (Lipinski definition) is 2. The van der Waals surface area contributed by atoms with E-state index >= 15 is 0 Å². The number of thioether (sulfide) groups is 1. The van der Waals surface area contributed by atoms with Crippen molar-refractivity contribution in [2.45, 2.75) is 27.6 Å². The normalized spacial score (nSPS) is 20.2. The standard InChI is InChI=1S/C13H12N4O4S3/c1-6-15-16-13(23-6)24-10-3-2-7(4-9(10)17(20)21)11-14-8(5-22-11)12(18)19/h2-4,8,11,14H,5H2,1H3,(H,18,19)/t8-,11-/m1/s1. The molecule has 1 aliphatic heterocycles. The maximum absolute atomic E-state index is 11.4. The van der Waals surface area contributed by atoms with Gasteiger partial charge in [0.15, 0.2) is 4.34 Å². The van der Waals surface area contributed by atoms with E-state index in [0.29, 0.717) is 20.6 Å². The summed E-state index contributed by atoms with van der Waals surface area (Å²) in [4.78, 5) is 22.5. The van der Waals surface area contributed by atoms with Crippen molar-refractivity contribution in [2.24, 2.45) is 0 Å². The number of nitro groups is 1. The summed E-state index contributed by atoms with van der Waals surface area (Å²) in [6.07, 6.45) is 0. The number of nitrogens with one attached hydrogen (secondary N) is 1. The number of carboxylic acids is 1. The quantitative estimate of drug-likeness (QED) is 0.592. The number of aromatic nitrogens is 2. The second-order valence-electron chi connectivity index (χ2n) is 4.94. The molecule has 1 aromatic carbocycles. The molecular weight excluding hydrogens is 372 g/mol. The Morgan fingerprint density at radius 1 is 1.50 bits per heavy atom. The third kappa shape index (κ3) is 3.69. The Kier molecular flexibility index (Phi) is 5.04. The lowest BCUT2D eigenvalue weighted by molar-refractivity contribution is -0.387. The molecule has 8 nitrogen and oxygen atoms in total. The number of hydrogen-bond acceptors (Lipinski definition) is 9. The van der Waals surface area contributed by atoms with Gasteiger partial charge in [0, 0.05) is 11.8 Å². The van der Waals surface area contributed by atoms with E-state index in [0.717, 1.165) is 5.01 Å². The molecule has 2 atom stereocenters. The second-order valence-corrected chi connectivity index (χ2v) is 8.55. The molecule has 24 heavy (non-hydrogen) atoms. The van der Waals surface area contributed by atoms with E-state index in [9.17, 15) is 14.9 Å². The van der Waals surface area contributed by atoms with Gasteiger partial charge in [-0.05, 0) is 18.6 Å². The number of nitro benzene ring substituents is 1. The van der Waals surface area contributed by atoms with Gasteiger partial charge in [0.1, 0.15) is 11.0 Å². The summed E-state index contributed by atoms with van der Waals surface area (Å²) >= 11 is 4.00. The molecule has 2 N–H and O–H groups in total. The molecule has 3 rings (SSSR count). The van der Waals surface area contributed by atoms with E-state index in [1.54, 1.807) is 12.1 Å². The number of carboxylic acid groups (broad SMARTS) is 1. The topological polar surface area (TPSA) is 118 Å². The van der Waals surface area contributed by atoms with Crippen LogP contribution in [0.2, 0.25) is 0 Å². The Morgan fingerprint density at radius 2 is 2.29 bits per heavy atom. The average molecular weight is 384 g/mol. The van der Waals surface area contributed by atoms with Crippen molar-refractivity contribution < 1.29 is 14.8 Å². The fourth-order valence-corrected chi connectivity index (χ4v) is 5.23. The SMILES string of the molecule is Cc1nnc(Sc2ccc([C@@H]3N[C@@H](C(=O)O)CS3)cc2[N+](=O)[O-])s1. The van der Waals surface area contributed by atoms with Crippen molar-refractivity contribution in [1.82, 2.24) is 15.5 Å². The van der Waals surface area contributed by atoms with Crippen molar-refractivity contribution in [2.75, 3.05) is 5.75 Å². The van der Waals surface area contributed by atoms with Gasteiger partial charge in [0.25, 0.3) is 5.69 Å². The van der Waals surface area contributed by atoms with Gasteiger partial charge >= 0.3 is 5.97 Å². The third-order valence-corrected chi connectivity index (χ3v) is 6.49. The van der Waals surface area contributed by atoms with Gasteiger partial charge in [-0.1, -0.05) is 29.2 Å². The van der Waals surface area contributed by atoms with Crippen LogP contribution in [-0.4, -0.2) is 38.0 Å². The summed E-state index contributed by atoms with van der Waals surface area (Å²) < 4.78 is 0.641. The molecule has 2 heterocycles. The lowest BCUT2D eigenvalue weighted by Gasteiger charge is -2.12. The highest BCUT2D eigenvalue weighted by molar-refractivity contribution is 8.01. The minimum atomic E-state index is -0.918. The van der Waals surface area contributed by atoms with Gasteiger partial charge in [-0.3, -0.25) is 20.2 Å². The van der Waals surface area contributed by atoms with Crippen LogP contribution in [0.25, 0.3) is 0 Å². The molecule has 1 aromatic heterocycles. The Labute approximate surface area is 149 Å². The minimum absolute atomic E-state index is 0.0217. The highest BCUT2D eigenvalue weighted by Crippen LogP contribution is 2.40. The van der Waals surface area contributed by atoms with Crippen LogP contribution in [-0.2, 0) is 4.79 Å². The molecule has 2 aromatic rings. The van der Waals surface area contributed by atoms with E-state index in [-0.39, 0.29) is 11.1 Å². The van der Waals surface area contributed by atoms with Gasteiger partial charge in [0.05, 0.1) is 15.2 Å². The van der Waals surface area contributed by atoms with Gasteiger partial charge in [0.2, 0.25) is 0 Å². The monoisotopic (exact) mass is 384 g/mol. The number of carbonyl (C=O) groups is 1. The molecule has 0 spiro atoms. The summed E-state index contributed by atoms with van der Waals surface area (Å²) in [6.45, 7) is 1.82. The van der Waals surface area contributed by atoms with Crippen LogP contribution in [0.15, 0.2) is 27.4 Å². The Balaban J connectivity index is 1.85. The Hall–Kier alpha value is -1.69. The number of benzene rings is 1. The largest absolute Gasteiger partial charge is 0.480 e. The first kappa shape index (κ1) is 17.1. The summed E-state index contributed by atoms with van der Waals surface area (Å²) in [6, 6.07) is 4.30. The zero-order valence-electron chi connectivity index (χ0n) is 12.3. The summed E-state index contributed by atoms with van der Waals surface area (Å²) in [5.41, 5.74) is 0.666. The zero-order valence-corrected chi connectivity index (χ0v) is 14.8. The van der Waals surface area contributed by atoms with Crippen LogP contribution in [0.3, 0.4) is 0 Å². The fourth-order valence-electron chi connectivity index (χ4n) is 2.15. The van der Waals surface area contributed by atoms with Crippen molar-refractivity contribution >= 4 is 46.5 Å². The molecule has 126 valence electrons. The molecule has 11 heteroatoms. The highest BCUT2D eigenvalue weighted by atomic mass is 32.2. The van der Waals surface area contributed by atoms with Gasteiger partial charge in [-0.2, -0.15) is 0 Å². The molecular formula is C13H12N4O4S3. The third-order valence-electron chi connectivity index (χ3n) is 3.27. The highest BCUT2D eigenvalue weighted by Gasteiger charge is 2.31. The van der Waals surface area contributed by atoms with Gasteiger partial charge < -0.3 is 5.11 Å². The number of aliphatic carboxylic acids is 1. The van der Waals surface area contributed by atoms with Crippen molar-refractivity contribution in [3.8, 4) is 0 Å². The van der Waals surface area contributed by atoms with Crippen molar-refractivity contribution in [3.05, 3.63) is 38.9 Å². The number of nitrogens with zero attached hydrogens (tertiary/aromatic N) is 3. The van der Waals surface area contributed by atoms with E-state index in [1.165, 1.54) is 40.9 Å². The first-order valence-corrected chi connectivity index (χ1v) is 9.49. The molecule has 0 aliphatic carbocycles. The summed E-state index contributed by atoms with van der Waals surface area (Å²) in [7, 11) is 0. The number of aryl methyl sites for hydroxylation is 1. The fraction of sp³-hybridized carbons (Fsp3) is 0.308. The Bertz CT molecular complexity index is 797. The molecule has 0 saturated carbocycles. The van der Waals surface area contributed by atoms with Crippen LogP contribution >= 0.6 is 34.9 Å². The van der Waals surface area contributed by atoms with E-state index in [2.05, 4.69) is 15.5 Å². The molecule has 1 saturated heterocycles. The smallest absolute Gasteiger partial charge is 0.321 e. The van der Waals surface area contributed by atoms with E-state index in [1.807, 2.05) is 6.92 Å². The van der Waals surface area contributed by atoms with Gasteiger partial charge in [-0.15, -0.1) is 22.0 Å². The predicted octanol–water partition coefficient (Wildman–Crippen LogP) is 2.69. The molecule has 0 bridgehead atoms. The first-order chi connectivity index (χ1) is 11.4. The molecule has 1 aliphatic rings. The van der Waals surface area contributed by atoms with Gasteiger partial charge in [-0.25, -0.2) is 0 Å². The summed E-state index contributed by atoms with van der Waals surface area (Å²) in [5, 5.41) is 31.8. The Morgan fingerprint density at radius 3 is 2.88 bits per heavy atom. The van der Waals surface area contributed by atoms with Crippen LogP contribution in [0, 0.1) is 17.0 Å². The second kappa shape index (κ2) is 7.05. The molecule has 1 fully saturated rings. The number of rotatable bonds is 5. The lowest BCUT2D eigenvalue weighted by atomic mass is 10.2. The summed E-state index contributed by atoms with van der Waals surface area (Å²) in [5.74, 6) is -0.493.